The first-order valence-corrected chi connectivity index (χ1v) is 14.5. The second-order valence-corrected chi connectivity index (χ2v) is 10.6. The minimum Gasteiger partial charge on any atom is -0.456 e. The number of benzene rings is 5. The third-order valence-electron chi connectivity index (χ3n) is 7.88. The second-order valence-electron chi connectivity index (χ2n) is 10.6. The molecule has 0 spiro atoms. The first-order chi connectivity index (χ1) is 22.2. The van der Waals surface area contributed by atoms with Crippen molar-refractivity contribution in [3.05, 3.63) is 145 Å². The number of furan rings is 1. The van der Waals surface area contributed by atoms with Crippen LogP contribution in [0.3, 0.4) is 0 Å². The molecule has 0 saturated carbocycles. The van der Waals surface area contributed by atoms with Crippen LogP contribution in [0.15, 0.2) is 144 Å². The molecule has 210 valence electrons. The standard InChI is InChI=1S/C39H23N5O/c40-23-30-19-20-41-24-33(30)27-13-7-14-28(21-27)38-42-37(26-11-5-2-6-12-26)43-39(44-38)29-17-18-32-35(22-29)45-34-16-8-15-31(36(32)34)25-9-3-1-4-10-25/h1-22,24H. The van der Waals surface area contributed by atoms with Gasteiger partial charge in [0.2, 0.25) is 0 Å². The molecule has 0 aliphatic heterocycles. The summed E-state index contributed by atoms with van der Waals surface area (Å²) >= 11 is 0. The Morgan fingerprint density at radius 3 is 1.91 bits per heavy atom. The Balaban J connectivity index is 1.29. The van der Waals surface area contributed by atoms with E-state index in [1.54, 1.807) is 18.5 Å². The molecule has 3 aromatic heterocycles. The molecule has 0 aliphatic carbocycles. The zero-order chi connectivity index (χ0) is 30.2. The first kappa shape index (κ1) is 26.2. The third-order valence-corrected chi connectivity index (χ3v) is 7.88. The van der Waals surface area contributed by atoms with Gasteiger partial charge in [0.1, 0.15) is 11.2 Å². The van der Waals surface area contributed by atoms with Gasteiger partial charge in [0.25, 0.3) is 0 Å². The lowest BCUT2D eigenvalue weighted by Crippen LogP contribution is -2.00. The number of hydrogen-bond donors (Lipinski definition) is 0. The summed E-state index contributed by atoms with van der Waals surface area (Å²) in [4.78, 5) is 19.0. The molecule has 8 rings (SSSR count). The zero-order valence-corrected chi connectivity index (χ0v) is 23.9. The largest absolute Gasteiger partial charge is 0.456 e. The van der Waals surface area contributed by atoms with E-state index < -0.39 is 0 Å². The second kappa shape index (κ2) is 11.0. The number of aromatic nitrogens is 4. The minimum absolute atomic E-state index is 0.527. The Labute approximate surface area is 259 Å². The van der Waals surface area contributed by atoms with Crippen molar-refractivity contribution in [3.8, 4) is 62.5 Å². The number of fused-ring (bicyclic) bond motifs is 3. The molecule has 6 heteroatoms. The van der Waals surface area contributed by atoms with Crippen molar-refractivity contribution in [2.24, 2.45) is 0 Å². The Bertz CT molecular complexity index is 2390. The van der Waals surface area contributed by atoms with Crippen LogP contribution in [-0.4, -0.2) is 19.9 Å². The van der Waals surface area contributed by atoms with Crippen LogP contribution in [0.2, 0.25) is 0 Å². The summed E-state index contributed by atoms with van der Waals surface area (Å²) in [5, 5.41) is 11.8. The van der Waals surface area contributed by atoms with Gasteiger partial charge in [0.15, 0.2) is 17.5 Å². The molecular formula is C39H23N5O. The highest BCUT2D eigenvalue weighted by Crippen LogP contribution is 2.38. The van der Waals surface area contributed by atoms with Crippen LogP contribution in [0.5, 0.6) is 0 Å². The number of rotatable bonds is 5. The molecule has 0 amide bonds. The van der Waals surface area contributed by atoms with Crippen LogP contribution in [0, 0.1) is 11.3 Å². The monoisotopic (exact) mass is 577 g/mol. The van der Waals surface area contributed by atoms with E-state index in [0.717, 1.165) is 60.9 Å². The highest BCUT2D eigenvalue weighted by molar-refractivity contribution is 6.12. The number of pyridine rings is 1. The average molecular weight is 578 g/mol. The van der Waals surface area contributed by atoms with Gasteiger partial charge in [-0.1, -0.05) is 97.1 Å². The molecule has 6 nitrogen and oxygen atoms in total. The summed E-state index contributed by atoms with van der Waals surface area (Å²) in [5.74, 6) is 1.63. The van der Waals surface area contributed by atoms with E-state index in [9.17, 15) is 5.26 Å². The molecule has 3 heterocycles. The van der Waals surface area contributed by atoms with Crippen LogP contribution in [0.4, 0.5) is 0 Å². The first-order valence-electron chi connectivity index (χ1n) is 14.5. The van der Waals surface area contributed by atoms with Crippen LogP contribution < -0.4 is 0 Å². The van der Waals surface area contributed by atoms with Gasteiger partial charge in [0, 0.05) is 45.4 Å². The van der Waals surface area contributed by atoms with E-state index in [1.165, 1.54) is 0 Å². The van der Waals surface area contributed by atoms with Crippen molar-refractivity contribution < 1.29 is 4.42 Å². The average Bonchev–Trinajstić information content (AvgIpc) is 3.50. The van der Waals surface area contributed by atoms with Crippen molar-refractivity contribution in [1.82, 2.24) is 19.9 Å². The van der Waals surface area contributed by atoms with Crippen LogP contribution in [0.1, 0.15) is 5.56 Å². The van der Waals surface area contributed by atoms with Gasteiger partial charge < -0.3 is 4.42 Å². The molecule has 5 aromatic carbocycles. The number of hydrogen-bond acceptors (Lipinski definition) is 6. The predicted octanol–water partition coefficient (Wildman–Crippen LogP) is 9.37. The minimum atomic E-state index is 0.527. The lowest BCUT2D eigenvalue weighted by Gasteiger charge is -2.10. The summed E-state index contributed by atoms with van der Waals surface area (Å²) < 4.78 is 6.39. The zero-order valence-electron chi connectivity index (χ0n) is 23.9. The summed E-state index contributed by atoms with van der Waals surface area (Å²) in [6, 6.07) is 44.3. The Morgan fingerprint density at radius 1 is 0.511 bits per heavy atom. The SMILES string of the molecule is N#Cc1ccncc1-c1cccc(-c2nc(-c3ccccc3)nc(-c3ccc4c(c3)oc3cccc(-c5ccccc5)c34)n2)c1. The van der Waals surface area contributed by atoms with Crippen molar-refractivity contribution in [2.45, 2.75) is 0 Å². The molecule has 0 aliphatic rings. The number of nitrogens with zero attached hydrogens (tertiary/aromatic N) is 5. The molecular weight excluding hydrogens is 554 g/mol. The lowest BCUT2D eigenvalue weighted by molar-refractivity contribution is 0.669. The molecule has 45 heavy (non-hydrogen) atoms. The summed E-state index contributed by atoms with van der Waals surface area (Å²) in [6.07, 6.45) is 3.33. The van der Waals surface area contributed by atoms with E-state index >= 15 is 0 Å². The maximum atomic E-state index is 9.67. The number of nitriles is 1. The molecule has 0 bridgehead atoms. The fraction of sp³-hybridized carbons (Fsp3) is 0. The third kappa shape index (κ3) is 4.79. The van der Waals surface area contributed by atoms with Crippen LogP contribution in [-0.2, 0) is 0 Å². The molecule has 0 N–H and O–H groups in total. The quantitative estimate of drug-likeness (QED) is 0.202. The maximum absolute atomic E-state index is 9.67. The van der Waals surface area contributed by atoms with Crippen molar-refractivity contribution in [1.29, 1.82) is 5.26 Å². The van der Waals surface area contributed by atoms with Gasteiger partial charge in [-0.15, -0.1) is 0 Å². The van der Waals surface area contributed by atoms with Gasteiger partial charge in [-0.3, -0.25) is 4.98 Å². The topological polar surface area (TPSA) is 88.5 Å². The van der Waals surface area contributed by atoms with E-state index in [0.29, 0.717) is 23.0 Å². The van der Waals surface area contributed by atoms with Gasteiger partial charge in [0.05, 0.1) is 11.6 Å². The lowest BCUT2D eigenvalue weighted by atomic mass is 9.99. The summed E-state index contributed by atoms with van der Waals surface area (Å²) in [6.45, 7) is 0. The maximum Gasteiger partial charge on any atom is 0.164 e. The van der Waals surface area contributed by atoms with Crippen molar-refractivity contribution >= 4 is 21.9 Å². The van der Waals surface area contributed by atoms with Gasteiger partial charge in [-0.2, -0.15) is 5.26 Å². The molecule has 0 fully saturated rings. The van der Waals surface area contributed by atoms with E-state index in [2.05, 4.69) is 35.3 Å². The molecule has 0 unspecified atom stereocenters. The van der Waals surface area contributed by atoms with Crippen molar-refractivity contribution in [2.75, 3.05) is 0 Å². The van der Waals surface area contributed by atoms with Crippen LogP contribution in [0.25, 0.3) is 78.4 Å². The predicted molar refractivity (Wildman–Crippen MR) is 177 cm³/mol. The Kier molecular flexibility index (Phi) is 6.40. The molecule has 8 aromatic rings. The Hall–Kier alpha value is -6.45. The molecule has 0 saturated heterocycles. The highest BCUT2D eigenvalue weighted by atomic mass is 16.3. The van der Waals surface area contributed by atoms with E-state index in [4.69, 9.17) is 19.4 Å². The van der Waals surface area contributed by atoms with Crippen molar-refractivity contribution in [3.63, 3.8) is 0 Å². The van der Waals surface area contributed by atoms with Gasteiger partial charge >= 0.3 is 0 Å². The molecule has 0 atom stereocenters. The molecule has 0 radical (unpaired) electrons. The smallest absolute Gasteiger partial charge is 0.164 e. The fourth-order valence-electron chi connectivity index (χ4n) is 5.72. The van der Waals surface area contributed by atoms with E-state index in [-0.39, 0.29) is 0 Å². The summed E-state index contributed by atoms with van der Waals surface area (Å²) in [7, 11) is 0. The normalized spacial score (nSPS) is 11.1. The fourth-order valence-corrected chi connectivity index (χ4v) is 5.72. The highest BCUT2D eigenvalue weighted by Gasteiger charge is 2.17. The Morgan fingerprint density at radius 2 is 1.16 bits per heavy atom. The van der Waals surface area contributed by atoms with E-state index in [1.807, 2.05) is 97.1 Å². The van der Waals surface area contributed by atoms with Crippen LogP contribution >= 0.6 is 0 Å². The van der Waals surface area contributed by atoms with Gasteiger partial charge in [-0.25, -0.2) is 15.0 Å². The van der Waals surface area contributed by atoms with Gasteiger partial charge in [-0.05, 0) is 47.0 Å². The summed E-state index contributed by atoms with van der Waals surface area (Å²) in [5.41, 5.74) is 8.53.